The monoisotopic (exact) mass is 558 g/mol. The van der Waals surface area contributed by atoms with Crippen molar-refractivity contribution in [2.24, 2.45) is 0 Å². The van der Waals surface area contributed by atoms with Gasteiger partial charge in [0.2, 0.25) is 11.1 Å². The van der Waals surface area contributed by atoms with E-state index in [1.807, 2.05) is 55.5 Å². The van der Waals surface area contributed by atoms with E-state index in [0.717, 1.165) is 22.6 Å². The number of methoxy groups -OCH3 is 2. The maximum atomic E-state index is 13.1. The molecule has 0 saturated carbocycles. The summed E-state index contributed by atoms with van der Waals surface area (Å²) >= 11 is 1.24. The van der Waals surface area contributed by atoms with Gasteiger partial charge in [-0.05, 0) is 86.1 Å². The molecule has 4 aromatic rings. The number of aromatic nitrogens is 3. The molecule has 0 aliphatic rings. The van der Waals surface area contributed by atoms with E-state index in [1.165, 1.54) is 11.8 Å². The molecule has 0 aliphatic carbocycles. The van der Waals surface area contributed by atoms with Crippen LogP contribution in [-0.2, 0) is 9.53 Å². The molecule has 0 radical (unpaired) electrons. The molecule has 1 atom stereocenters. The third-order valence-electron chi connectivity index (χ3n) is 5.97. The average molecular weight is 559 g/mol. The second kappa shape index (κ2) is 13.6. The highest BCUT2D eigenvalue weighted by Crippen LogP contribution is 2.33. The lowest BCUT2D eigenvalue weighted by Crippen LogP contribution is -2.25. The summed E-state index contributed by atoms with van der Waals surface area (Å²) in [5.41, 5.74) is 3.90. The van der Waals surface area contributed by atoms with E-state index in [-0.39, 0.29) is 5.91 Å². The minimum absolute atomic E-state index is 0.204. The quantitative estimate of drug-likeness (QED) is 0.177. The number of anilines is 1. The Morgan fingerprint density at radius 1 is 0.800 bits per heavy atom. The summed E-state index contributed by atoms with van der Waals surface area (Å²) < 4.78 is 15.6. The SMILES string of the molecule is CCOC(=O)c1ccc(NC(=O)C(CC)Sc2nnc(-c3ccc(OC)cc3)c(-c3ccc(OC)cc3)n2)cc1. The summed E-state index contributed by atoms with van der Waals surface area (Å²) in [5, 5.41) is 11.7. The molecule has 206 valence electrons. The largest absolute Gasteiger partial charge is 0.497 e. The highest BCUT2D eigenvalue weighted by Gasteiger charge is 2.22. The van der Waals surface area contributed by atoms with E-state index in [2.05, 4.69) is 15.5 Å². The lowest BCUT2D eigenvalue weighted by Gasteiger charge is -2.15. The molecule has 0 fully saturated rings. The first kappa shape index (κ1) is 28.6. The smallest absolute Gasteiger partial charge is 0.338 e. The topological polar surface area (TPSA) is 113 Å². The molecule has 1 aromatic heterocycles. The van der Waals surface area contributed by atoms with Crippen LogP contribution in [0.2, 0.25) is 0 Å². The number of esters is 1. The Hall–Kier alpha value is -4.44. The molecule has 10 heteroatoms. The van der Waals surface area contributed by atoms with Gasteiger partial charge < -0.3 is 19.5 Å². The number of benzene rings is 3. The second-order valence-corrected chi connectivity index (χ2v) is 9.72. The molecule has 9 nitrogen and oxygen atoms in total. The zero-order valence-corrected chi connectivity index (χ0v) is 23.5. The van der Waals surface area contributed by atoms with Gasteiger partial charge in [-0.2, -0.15) is 0 Å². The summed E-state index contributed by atoms with van der Waals surface area (Å²) in [6.07, 6.45) is 0.541. The molecule has 0 bridgehead atoms. The second-order valence-electron chi connectivity index (χ2n) is 8.55. The van der Waals surface area contributed by atoms with Crippen LogP contribution in [-0.4, -0.2) is 53.1 Å². The molecular formula is C30H30N4O5S. The Balaban J connectivity index is 1.58. The Kier molecular flexibility index (Phi) is 9.69. The molecule has 0 saturated heterocycles. The van der Waals surface area contributed by atoms with Crippen molar-refractivity contribution in [2.75, 3.05) is 26.1 Å². The minimum Gasteiger partial charge on any atom is -0.497 e. The van der Waals surface area contributed by atoms with Crippen molar-refractivity contribution in [2.45, 2.75) is 30.7 Å². The summed E-state index contributed by atoms with van der Waals surface area (Å²) in [6, 6.07) is 21.6. The summed E-state index contributed by atoms with van der Waals surface area (Å²) in [7, 11) is 3.23. The van der Waals surface area contributed by atoms with E-state index in [4.69, 9.17) is 19.2 Å². The number of ether oxygens (including phenoxy) is 3. The fraction of sp³-hybridized carbons (Fsp3) is 0.233. The molecule has 40 heavy (non-hydrogen) atoms. The van der Waals surface area contributed by atoms with Crippen LogP contribution in [0, 0.1) is 0 Å². The molecule has 1 amide bonds. The first-order valence-electron chi connectivity index (χ1n) is 12.7. The number of amides is 1. The van der Waals surface area contributed by atoms with Crippen LogP contribution in [0.1, 0.15) is 30.6 Å². The van der Waals surface area contributed by atoms with Crippen molar-refractivity contribution in [3.05, 3.63) is 78.4 Å². The van der Waals surface area contributed by atoms with Gasteiger partial charge in [0.15, 0.2) is 0 Å². The molecule has 4 rings (SSSR count). The van der Waals surface area contributed by atoms with E-state index in [0.29, 0.717) is 40.8 Å². The zero-order chi connectivity index (χ0) is 28.5. The van der Waals surface area contributed by atoms with Crippen LogP contribution in [0.3, 0.4) is 0 Å². The molecule has 3 aromatic carbocycles. The predicted molar refractivity (Wildman–Crippen MR) is 155 cm³/mol. The van der Waals surface area contributed by atoms with E-state index >= 15 is 0 Å². The van der Waals surface area contributed by atoms with Crippen LogP contribution >= 0.6 is 11.8 Å². The Morgan fingerprint density at radius 3 is 1.90 bits per heavy atom. The fourth-order valence-corrected chi connectivity index (χ4v) is 4.65. The van der Waals surface area contributed by atoms with Crippen molar-refractivity contribution in [3.63, 3.8) is 0 Å². The van der Waals surface area contributed by atoms with Crippen LogP contribution < -0.4 is 14.8 Å². The van der Waals surface area contributed by atoms with Crippen molar-refractivity contribution in [1.29, 1.82) is 0 Å². The van der Waals surface area contributed by atoms with Crippen molar-refractivity contribution < 1.29 is 23.8 Å². The molecule has 1 N–H and O–H groups in total. The lowest BCUT2D eigenvalue weighted by molar-refractivity contribution is -0.115. The maximum Gasteiger partial charge on any atom is 0.338 e. The van der Waals surface area contributed by atoms with E-state index < -0.39 is 11.2 Å². The molecule has 0 spiro atoms. The highest BCUT2D eigenvalue weighted by atomic mass is 32.2. The maximum absolute atomic E-state index is 13.1. The number of hydrogen-bond donors (Lipinski definition) is 1. The van der Waals surface area contributed by atoms with Gasteiger partial charge in [0.05, 0.1) is 31.6 Å². The number of rotatable bonds is 11. The minimum atomic E-state index is -0.470. The standard InChI is InChI=1S/C30H30N4O5S/c1-5-25(28(35)31-22-13-7-21(8-14-22)29(36)39-6-2)40-30-32-26(19-9-15-23(37-3)16-10-19)27(33-34-30)20-11-17-24(38-4)18-12-20/h7-18,25H,5-6H2,1-4H3,(H,31,35). The zero-order valence-electron chi connectivity index (χ0n) is 22.7. The van der Waals surface area contributed by atoms with Crippen LogP contribution in [0.15, 0.2) is 78.0 Å². The van der Waals surface area contributed by atoms with Crippen molar-refractivity contribution in [3.8, 4) is 34.0 Å². The predicted octanol–water partition coefficient (Wildman–Crippen LogP) is 5.91. The third-order valence-corrected chi connectivity index (χ3v) is 7.18. The number of hydrogen-bond acceptors (Lipinski definition) is 9. The van der Waals surface area contributed by atoms with Crippen LogP contribution in [0.4, 0.5) is 5.69 Å². The summed E-state index contributed by atoms with van der Waals surface area (Å²) in [5.74, 6) is 0.850. The number of carbonyl (C=O) groups is 2. The molecule has 1 unspecified atom stereocenters. The van der Waals surface area contributed by atoms with Gasteiger partial charge in [-0.25, -0.2) is 9.78 Å². The van der Waals surface area contributed by atoms with Gasteiger partial charge in [0, 0.05) is 16.8 Å². The van der Waals surface area contributed by atoms with Crippen molar-refractivity contribution >= 4 is 29.3 Å². The lowest BCUT2D eigenvalue weighted by atomic mass is 10.0. The van der Waals surface area contributed by atoms with Gasteiger partial charge in [-0.1, -0.05) is 18.7 Å². The molecular weight excluding hydrogens is 528 g/mol. The third kappa shape index (κ3) is 6.95. The Labute approximate surface area is 237 Å². The van der Waals surface area contributed by atoms with E-state index in [9.17, 15) is 9.59 Å². The highest BCUT2D eigenvalue weighted by molar-refractivity contribution is 8.00. The number of nitrogens with one attached hydrogen (secondary N) is 1. The Morgan fingerprint density at radius 2 is 1.38 bits per heavy atom. The van der Waals surface area contributed by atoms with E-state index in [1.54, 1.807) is 45.4 Å². The summed E-state index contributed by atoms with van der Waals surface area (Å²) in [6.45, 7) is 3.97. The van der Waals surface area contributed by atoms with Gasteiger partial charge in [-0.15, -0.1) is 10.2 Å². The van der Waals surface area contributed by atoms with Crippen molar-refractivity contribution in [1.82, 2.24) is 15.2 Å². The Bertz CT molecular complexity index is 1440. The van der Waals surface area contributed by atoms with Crippen LogP contribution in [0.25, 0.3) is 22.5 Å². The molecule has 0 aliphatic heterocycles. The van der Waals surface area contributed by atoms with Gasteiger partial charge in [0.1, 0.15) is 22.9 Å². The molecule has 1 heterocycles. The first-order chi connectivity index (χ1) is 19.4. The normalized spacial score (nSPS) is 11.4. The van der Waals surface area contributed by atoms with Gasteiger partial charge in [0.25, 0.3) is 0 Å². The summed E-state index contributed by atoms with van der Waals surface area (Å²) in [4.78, 5) is 29.8. The van der Waals surface area contributed by atoms with Gasteiger partial charge >= 0.3 is 5.97 Å². The van der Waals surface area contributed by atoms with Crippen LogP contribution in [0.5, 0.6) is 11.5 Å². The number of nitrogens with zero attached hydrogens (tertiary/aromatic N) is 3. The average Bonchev–Trinajstić information content (AvgIpc) is 3.00. The fourth-order valence-electron chi connectivity index (χ4n) is 3.83. The number of thioether (sulfide) groups is 1. The van der Waals surface area contributed by atoms with Gasteiger partial charge in [-0.3, -0.25) is 4.79 Å². The first-order valence-corrected chi connectivity index (χ1v) is 13.6. The number of carbonyl (C=O) groups excluding carboxylic acids is 2.